The summed E-state index contributed by atoms with van der Waals surface area (Å²) >= 11 is 6.19. The summed E-state index contributed by atoms with van der Waals surface area (Å²) in [6.45, 7) is 1.12. The Balaban J connectivity index is 1.66. The number of carbonyl (C=O) groups is 1. The minimum absolute atomic E-state index is 0.158. The second kappa shape index (κ2) is 7.53. The molecule has 2 aromatic rings. The first-order valence-corrected chi connectivity index (χ1v) is 8.13. The van der Waals surface area contributed by atoms with Crippen LogP contribution >= 0.6 is 11.6 Å². The van der Waals surface area contributed by atoms with Crippen LogP contribution in [0.15, 0.2) is 36.4 Å². The molecule has 1 N–H and O–H groups in total. The number of halogens is 2. The fourth-order valence-electron chi connectivity index (χ4n) is 2.44. The number of rotatable bonds is 4. The Labute approximate surface area is 144 Å². The molecule has 0 radical (unpaired) electrons. The number of anilines is 1. The molecule has 1 aliphatic rings. The molecular weight excluding hydrogens is 333 g/mol. The Morgan fingerprint density at radius 1 is 1.17 bits per heavy atom. The van der Waals surface area contributed by atoms with Gasteiger partial charge in [-0.3, -0.25) is 4.79 Å². The third-order valence-corrected chi connectivity index (χ3v) is 4.00. The number of amides is 1. The Morgan fingerprint density at radius 2 is 1.88 bits per heavy atom. The molecule has 0 fully saturated rings. The van der Waals surface area contributed by atoms with Crippen LogP contribution in [0.2, 0.25) is 5.02 Å². The van der Waals surface area contributed by atoms with Crippen molar-refractivity contribution in [3.63, 3.8) is 0 Å². The fraction of sp³-hybridized carbons (Fsp3) is 0.278. The zero-order chi connectivity index (χ0) is 16.9. The number of nitrogens with one attached hydrogen (secondary N) is 1. The number of hydrogen-bond acceptors (Lipinski definition) is 3. The lowest BCUT2D eigenvalue weighted by Gasteiger charge is -2.12. The quantitative estimate of drug-likeness (QED) is 0.899. The van der Waals surface area contributed by atoms with E-state index in [1.54, 1.807) is 30.3 Å². The topological polar surface area (TPSA) is 47.6 Å². The summed E-state index contributed by atoms with van der Waals surface area (Å²) in [5.74, 6) is 0.580. The van der Waals surface area contributed by atoms with Gasteiger partial charge in [-0.2, -0.15) is 0 Å². The van der Waals surface area contributed by atoms with Crippen LogP contribution in [0, 0.1) is 5.82 Å². The molecule has 2 aromatic carbocycles. The van der Waals surface area contributed by atoms with Gasteiger partial charge in [0.15, 0.2) is 11.5 Å². The summed E-state index contributed by atoms with van der Waals surface area (Å²) in [7, 11) is 0. The van der Waals surface area contributed by atoms with Crippen LogP contribution in [0.25, 0.3) is 0 Å². The molecule has 24 heavy (non-hydrogen) atoms. The Bertz CT molecular complexity index is 751. The van der Waals surface area contributed by atoms with E-state index in [4.69, 9.17) is 21.1 Å². The molecule has 1 amide bonds. The van der Waals surface area contributed by atoms with Crippen LogP contribution in [-0.2, 0) is 11.2 Å². The number of benzene rings is 2. The highest BCUT2D eigenvalue weighted by Crippen LogP contribution is 2.37. The van der Waals surface area contributed by atoms with E-state index in [9.17, 15) is 9.18 Å². The summed E-state index contributed by atoms with van der Waals surface area (Å²) in [5, 5.41) is 3.12. The highest BCUT2D eigenvalue weighted by Gasteiger charge is 2.15. The molecule has 3 rings (SSSR count). The lowest BCUT2D eigenvalue weighted by Crippen LogP contribution is -2.13. The van der Waals surface area contributed by atoms with Gasteiger partial charge in [0.05, 0.1) is 23.9 Å². The van der Waals surface area contributed by atoms with E-state index in [0.717, 1.165) is 6.42 Å². The largest absolute Gasteiger partial charge is 0.490 e. The smallest absolute Gasteiger partial charge is 0.224 e. The van der Waals surface area contributed by atoms with Crippen LogP contribution in [-0.4, -0.2) is 19.1 Å². The van der Waals surface area contributed by atoms with Crippen LogP contribution < -0.4 is 14.8 Å². The van der Waals surface area contributed by atoms with Gasteiger partial charge in [0, 0.05) is 25.0 Å². The predicted molar refractivity (Wildman–Crippen MR) is 90.4 cm³/mol. The van der Waals surface area contributed by atoms with Gasteiger partial charge < -0.3 is 14.8 Å². The van der Waals surface area contributed by atoms with Crippen molar-refractivity contribution in [3.05, 3.63) is 52.8 Å². The molecule has 0 aliphatic carbocycles. The third-order valence-electron chi connectivity index (χ3n) is 3.69. The van der Waals surface area contributed by atoms with Gasteiger partial charge in [0.25, 0.3) is 0 Å². The van der Waals surface area contributed by atoms with Gasteiger partial charge in [-0.05, 0) is 18.1 Å². The molecule has 1 aliphatic heterocycles. The summed E-state index contributed by atoms with van der Waals surface area (Å²) in [5.41, 5.74) is 0.969. The molecule has 0 bridgehead atoms. The van der Waals surface area contributed by atoms with Crippen molar-refractivity contribution in [1.29, 1.82) is 0 Å². The lowest BCUT2D eigenvalue weighted by molar-refractivity contribution is -0.116. The maximum absolute atomic E-state index is 13.6. The molecule has 126 valence electrons. The summed E-state index contributed by atoms with van der Waals surface area (Å²) < 4.78 is 24.7. The molecular formula is C18H17ClFNO3. The number of ether oxygens (including phenoxy) is 2. The first-order chi connectivity index (χ1) is 11.6. The average Bonchev–Trinajstić information content (AvgIpc) is 2.79. The Morgan fingerprint density at radius 3 is 2.62 bits per heavy atom. The van der Waals surface area contributed by atoms with Crippen molar-refractivity contribution in [3.8, 4) is 11.5 Å². The molecule has 0 atom stereocenters. The van der Waals surface area contributed by atoms with Gasteiger partial charge in [-0.1, -0.05) is 29.8 Å². The molecule has 0 spiro atoms. The molecule has 0 saturated heterocycles. The lowest BCUT2D eigenvalue weighted by atomic mass is 10.1. The monoisotopic (exact) mass is 349 g/mol. The van der Waals surface area contributed by atoms with Crippen LogP contribution in [0.4, 0.5) is 10.1 Å². The van der Waals surface area contributed by atoms with Crippen molar-refractivity contribution >= 4 is 23.2 Å². The minimum atomic E-state index is -0.307. The van der Waals surface area contributed by atoms with E-state index in [0.29, 0.717) is 47.4 Å². The van der Waals surface area contributed by atoms with Crippen molar-refractivity contribution in [1.82, 2.24) is 0 Å². The Kier molecular flexibility index (Phi) is 5.20. The second-order valence-corrected chi connectivity index (χ2v) is 5.88. The number of aryl methyl sites for hydroxylation is 1. The summed E-state index contributed by atoms with van der Waals surface area (Å²) in [4.78, 5) is 12.1. The highest BCUT2D eigenvalue weighted by molar-refractivity contribution is 6.34. The molecule has 4 nitrogen and oxygen atoms in total. The van der Waals surface area contributed by atoms with Crippen LogP contribution in [0.5, 0.6) is 11.5 Å². The molecule has 0 unspecified atom stereocenters. The zero-order valence-electron chi connectivity index (χ0n) is 13.0. The zero-order valence-corrected chi connectivity index (χ0v) is 13.7. The fourth-order valence-corrected chi connectivity index (χ4v) is 2.64. The second-order valence-electron chi connectivity index (χ2n) is 5.47. The SMILES string of the molecule is O=C(CCc1ccccc1F)Nc1cc2c(cc1Cl)OCCCO2. The van der Waals surface area contributed by atoms with E-state index < -0.39 is 0 Å². The summed E-state index contributed by atoms with van der Waals surface area (Å²) in [6, 6.07) is 9.71. The molecule has 1 heterocycles. The van der Waals surface area contributed by atoms with Crippen LogP contribution in [0.1, 0.15) is 18.4 Å². The summed E-state index contributed by atoms with van der Waals surface area (Å²) in [6.07, 6.45) is 1.27. The normalized spacial score (nSPS) is 13.2. The van der Waals surface area contributed by atoms with Gasteiger partial charge in [0.1, 0.15) is 5.82 Å². The maximum atomic E-state index is 13.6. The molecule has 6 heteroatoms. The van der Waals surface area contributed by atoms with E-state index in [1.807, 2.05) is 0 Å². The number of carbonyl (C=O) groups excluding carboxylic acids is 1. The van der Waals surface area contributed by atoms with Gasteiger partial charge in [0.2, 0.25) is 5.91 Å². The Hall–Kier alpha value is -2.27. The van der Waals surface area contributed by atoms with E-state index in [-0.39, 0.29) is 18.1 Å². The first-order valence-electron chi connectivity index (χ1n) is 7.76. The van der Waals surface area contributed by atoms with Gasteiger partial charge in [-0.15, -0.1) is 0 Å². The maximum Gasteiger partial charge on any atom is 0.224 e. The van der Waals surface area contributed by atoms with Crippen molar-refractivity contribution in [2.24, 2.45) is 0 Å². The average molecular weight is 350 g/mol. The van der Waals surface area contributed by atoms with Crippen LogP contribution in [0.3, 0.4) is 0 Å². The number of hydrogen-bond donors (Lipinski definition) is 1. The standard InChI is InChI=1S/C18H17ClFNO3/c19-13-10-16-17(24-9-3-8-23-16)11-15(13)21-18(22)7-6-12-4-1-2-5-14(12)20/h1-2,4-5,10-11H,3,6-9H2,(H,21,22). The van der Waals surface area contributed by atoms with Crippen molar-refractivity contribution < 1.29 is 18.7 Å². The van der Waals surface area contributed by atoms with E-state index >= 15 is 0 Å². The number of fused-ring (bicyclic) bond motifs is 1. The van der Waals surface area contributed by atoms with Gasteiger partial charge in [-0.25, -0.2) is 4.39 Å². The van der Waals surface area contributed by atoms with E-state index in [2.05, 4.69) is 5.32 Å². The third kappa shape index (κ3) is 3.97. The van der Waals surface area contributed by atoms with E-state index in [1.165, 1.54) is 6.07 Å². The van der Waals surface area contributed by atoms with Crippen molar-refractivity contribution in [2.75, 3.05) is 18.5 Å². The molecule has 0 aromatic heterocycles. The molecule has 0 saturated carbocycles. The highest BCUT2D eigenvalue weighted by atomic mass is 35.5. The van der Waals surface area contributed by atoms with Crippen molar-refractivity contribution in [2.45, 2.75) is 19.3 Å². The van der Waals surface area contributed by atoms with Gasteiger partial charge >= 0.3 is 0 Å². The first kappa shape index (κ1) is 16.6. The predicted octanol–water partition coefficient (Wildman–Crippen LogP) is 4.21. The minimum Gasteiger partial charge on any atom is -0.490 e.